The molecule has 0 radical (unpaired) electrons. The highest BCUT2D eigenvalue weighted by Gasteiger charge is 2.10. The number of carboxylic acids is 1. The summed E-state index contributed by atoms with van der Waals surface area (Å²) in [5.74, 6) is -0.693. The van der Waals surface area contributed by atoms with Crippen LogP contribution >= 0.6 is 0 Å². The van der Waals surface area contributed by atoms with Gasteiger partial charge in [0.05, 0.1) is 6.61 Å². The zero-order valence-electron chi connectivity index (χ0n) is 26.1. The van der Waals surface area contributed by atoms with Crippen molar-refractivity contribution < 1.29 is 24.5 Å². The Labute approximate surface area is 242 Å². The number of aliphatic hydroxyl groups is 1. The van der Waals surface area contributed by atoms with Crippen molar-refractivity contribution in [3.63, 3.8) is 0 Å². The molecule has 0 aromatic carbocycles. The molecule has 0 rings (SSSR count). The third-order valence-corrected chi connectivity index (χ3v) is 7.55. The van der Waals surface area contributed by atoms with Gasteiger partial charge in [-0.3, -0.25) is 4.79 Å². The monoisotopic (exact) mass is 558 g/mol. The number of aliphatic hydroxyl groups excluding tert-OH is 1. The van der Waals surface area contributed by atoms with Crippen LogP contribution in [0.4, 0.5) is 0 Å². The number of nitrogens with zero attached hydrogens (tertiary/aromatic N) is 1. The fourth-order valence-corrected chi connectivity index (χ4v) is 5.03. The number of hydrogen-bond donors (Lipinski definition) is 2. The molecule has 0 aromatic rings. The predicted octanol–water partition coefficient (Wildman–Crippen LogP) is 8.74. The van der Waals surface area contributed by atoms with E-state index in [9.17, 15) is 9.90 Å². The first-order chi connectivity index (χ1) is 19.1. The van der Waals surface area contributed by atoms with Gasteiger partial charge in [-0.2, -0.15) is 0 Å². The van der Waals surface area contributed by atoms with Crippen LogP contribution in [0.1, 0.15) is 162 Å². The number of aliphatic carboxylic acids is 1. The molecule has 234 valence electrons. The maximum Gasteiger partial charge on any atom is 0.303 e. The van der Waals surface area contributed by atoms with Gasteiger partial charge in [0.2, 0.25) is 0 Å². The summed E-state index contributed by atoms with van der Waals surface area (Å²) in [6.45, 7) is 9.21. The Hall–Kier alpha value is -0.690. The van der Waals surface area contributed by atoms with Crippen molar-refractivity contribution in [1.82, 2.24) is 4.90 Å². The minimum Gasteiger partial charge on any atom is -0.481 e. The largest absolute Gasteiger partial charge is 0.481 e. The lowest BCUT2D eigenvalue weighted by Crippen LogP contribution is -2.29. The van der Waals surface area contributed by atoms with E-state index in [4.69, 9.17) is 14.6 Å². The molecular weight excluding hydrogens is 490 g/mol. The molecule has 0 unspecified atom stereocenters. The van der Waals surface area contributed by atoms with Gasteiger partial charge in [-0.15, -0.1) is 0 Å². The number of ether oxygens (including phenoxy) is 2. The molecule has 0 atom stereocenters. The summed E-state index contributed by atoms with van der Waals surface area (Å²) in [5.41, 5.74) is 0. The second kappa shape index (κ2) is 31.8. The SMILES string of the molecule is CCCCCCCCOC(CCCCCCN(CCO)CCCCCCCC(=O)O)OCCCCCCCC. The van der Waals surface area contributed by atoms with Crippen LogP contribution in [0, 0.1) is 0 Å². The van der Waals surface area contributed by atoms with Gasteiger partial charge in [0.25, 0.3) is 0 Å². The van der Waals surface area contributed by atoms with Gasteiger partial charge in [-0.1, -0.05) is 110 Å². The van der Waals surface area contributed by atoms with Crippen molar-refractivity contribution >= 4 is 5.97 Å². The van der Waals surface area contributed by atoms with Crippen molar-refractivity contribution in [1.29, 1.82) is 0 Å². The van der Waals surface area contributed by atoms with Gasteiger partial charge in [0.1, 0.15) is 0 Å². The summed E-state index contributed by atoms with van der Waals surface area (Å²) in [6, 6.07) is 0. The predicted molar refractivity (Wildman–Crippen MR) is 164 cm³/mol. The number of carbonyl (C=O) groups is 1. The van der Waals surface area contributed by atoms with Crippen LogP contribution in [0.2, 0.25) is 0 Å². The second-order valence-corrected chi connectivity index (χ2v) is 11.4. The summed E-state index contributed by atoms with van der Waals surface area (Å²) in [4.78, 5) is 13.0. The molecule has 6 heteroatoms. The fourth-order valence-electron chi connectivity index (χ4n) is 5.03. The molecule has 0 aromatic heterocycles. The van der Waals surface area contributed by atoms with Crippen LogP contribution in [0.15, 0.2) is 0 Å². The molecule has 0 fully saturated rings. The topological polar surface area (TPSA) is 79.2 Å². The van der Waals surface area contributed by atoms with Crippen LogP contribution in [-0.4, -0.2) is 66.8 Å². The molecule has 0 aliphatic carbocycles. The van der Waals surface area contributed by atoms with Crippen molar-refractivity contribution in [3.8, 4) is 0 Å². The zero-order valence-corrected chi connectivity index (χ0v) is 26.1. The Morgan fingerprint density at radius 1 is 0.590 bits per heavy atom. The Kier molecular flexibility index (Phi) is 31.3. The quantitative estimate of drug-likeness (QED) is 0.0620. The van der Waals surface area contributed by atoms with Crippen LogP contribution < -0.4 is 0 Å². The molecule has 0 aliphatic rings. The summed E-state index contributed by atoms with van der Waals surface area (Å²) in [6.07, 6.45) is 26.5. The molecule has 6 nitrogen and oxygen atoms in total. The number of carboxylic acid groups (broad SMARTS) is 1. The highest BCUT2D eigenvalue weighted by atomic mass is 16.7. The van der Waals surface area contributed by atoms with E-state index in [0.717, 1.165) is 90.6 Å². The van der Waals surface area contributed by atoms with E-state index < -0.39 is 5.97 Å². The van der Waals surface area contributed by atoms with Crippen LogP contribution in [-0.2, 0) is 14.3 Å². The van der Waals surface area contributed by atoms with Gasteiger partial charge < -0.3 is 24.6 Å². The lowest BCUT2D eigenvalue weighted by molar-refractivity contribution is -0.148. The number of rotatable bonds is 33. The van der Waals surface area contributed by atoms with Gasteiger partial charge in [0.15, 0.2) is 6.29 Å². The Morgan fingerprint density at radius 2 is 1.03 bits per heavy atom. The van der Waals surface area contributed by atoms with E-state index in [2.05, 4.69) is 18.7 Å². The first-order valence-electron chi connectivity index (χ1n) is 16.9. The first-order valence-corrected chi connectivity index (χ1v) is 16.9. The van der Waals surface area contributed by atoms with Crippen molar-refractivity contribution in [2.75, 3.05) is 39.5 Å². The van der Waals surface area contributed by atoms with Crippen LogP contribution in [0.3, 0.4) is 0 Å². The van der Waals surface area contributed by atoms with Gasteiger partial charge >= 0.3 is 5.97 Å². The van der Waals surface area contributed by atoms with E-state index in [1.807, 2.05) is 0 Å². The Balaban J connectivity index is 4.05. The minimum absolute atomic E-state index is 0.0438. The molecule has 0 heterocycles. The number of unbranched alkanes of at least 4 members (excludes halogenated alkanes) is 17. The minimum atomic E-state index is -0.693. The standard InChI is InChI=1S/C33H67NO5/c1-3-5-7-9-16-22-30-38-33(39-31-23-17-10-8-6-4-2)25-19-13-15-21-27-34(28-29-35)26-20-14-11-12-18-24-32(36)37/h33,35H,3-31H2,1-2H3,(H,36,37). The third-order valence-electron chi connectivity index (χ3n) is 7.55. The van der Waals surface area contributed by atoms with E-state index in [1.165, 1.54) is 83.5 Å². The summed E-state index contributed by atoms with van der Waals surface area (Å²) in [5, 5.41) is 18.1. The maximum absolute atomic E-state index is 10.6. The molecule has 0 aliphatic heterocycles. The van der Waals surface area contributed by atoms with E-state index >= 15 is 0 Å². The summed E-state index contributed by atoms with van der Waals surface area (Å²) in [7, 11) is 0. The van der Waals surface area contributed by atoms with E-state index in [1.54, 1.807) is 0 Å². The molecule has 2 N–H and O–H groups in total. The average molecular weight is 558 g/mol. The molecule has 0 spiro atoms. The summed E-state index contributed by atoms with van der Waals surface area (Å²) >= 11 is 0. The van der Waals surface area contributed by atoms with E-state index in [-0.39, 0.29) is 19.3 Å². The van der Waals surface area contributed by atoms with Crippen molar-refractivity contribution in [2.24, 2.45) is 0 Å². The van der Waals surface area contributed by atoms with Gasteiger partial charge in [-0.25, -0.2) is 0 Å². The average Bonchev–Trinajstić information content (AvgIpc) is 2.92. The van der Waals surface area contributed by atoms with Crippen LogP contribution in [0.5, 0.6) is 0 Å². The van der Waals surface area contributed by atoms with Gasteiger partial charge in [-0.05, 0) is 58.0 Å². The molecule has 39 heavy (non-hydrogen) atoms. The molecular formula is C33H67NO5. The summed E-state index contributed by atoms with van der Waals surface area (Å²) < 4.78 is 12.3. The van der Waals surface area contributed by atoms with Gasteiger partial charge in [0, 0.05) is 26.2 Å². The Morgan fingerprint density at radius 3 is 1.51 bits per heavy atom. The lowest BCUT2D eigenvalue weighted by atomic mass is 10.1. The molecule has 0 amide bonds. The second-order valence-electron chi connectivity index (χ2n) is 11.4. The smallest absolute Gasteiger partial charge is 0.303 e. The third kappa shape index (κ3) is 30.1. The Bertz CT molecular complexity index is 473. The van der Waals surface area contributed by atoms with E-state index in [0.29, 0.717) is 0 Å². The molecule has 0 bridgehead atoms. The highest BCUT2D eigenvalue weighted by molar-refractivity contribution is 5.66. The van der Waals surface area contributed by atoms with Crippen LogP contribution in [0.25, 0.3) is 0 Å². The normalized spacial score (nSPS) is 11.7. The maximum atomic E-state index is 10.6. The van der Waals surface area contributed by atoms with Crippen molar-refractivity contribution in [3.05, 3.63) is 0 Å². The highest BCUT2D eigenvalue weighted by Crippen LogP contribution is 2.14. The fraction of sp³-hybridized carbons (Fsp3) is 0.970. The zero-order chi connectivity index (χ0) is 28.7. The van der Waals surface area contributed by atoms with Crippen molar-refractivity contribution in [2.45, 2.75) is 168 Å². The number of hydrogen-bond acceptors (Lipinski definition) is 5. The first kappa shape index (κ1) is 38.3. The molecule has 0 saturated carbocycles. The lowest BCUT2D eigenvalue weighted by Gasteiger charge is -2.21. The molecule has 0 saturated heterocycles.